The number of piperidine rings is 1. The average molecular weight is 423 g/mol. The van der Waals surface area contributed by atoms with Crippen LogP contribution in [0.3, 0.4) is 0 Å². The van der Waals surface area contributed by atoms with Gasteiger partial charge in [-0.05, 0) is 55.3 Å². The molecule has 1 amide bonds. The Kier molecular flexibility index (Phi) is 5.70. The highest BCUT2D eigenvalue weighted by Gasteiger charge is 2.20. The summed E-state index contributed by atoms with van der Waals surface area (Å²) in [5.74, 6) is -0.127. The first-order valence-electron chi connectivity index (χ1n) is 9.54. The lowest BCUT2D eigenvalue weighted by Gasteiger charge is -2.32. The average Bonchev–Trinajstić information content (AvgIpc) is 3.25. The van der Waals surface area contributed by atoms with Crippen molar-refractivity contribution < 1.29 is 14.3 Å². The number of aliphatic hydroxyl groups excluding tert-OH is 1. The van der Waals surface area contributed by atoms with E-state index in [-0.39, 0.29) is 12.0 Å². The minimum absolute atomic E-state index is 0.0763. The molecular formula is C22H19ClN4O3. The standard InChI is InChI=1S/C22H19ClN4O3/c23-16-3-1-14(2-4-16)20-13-25-22(30-20)21(29)26-17-5-6-19(15(11-17)12-24)27-9-7-18(28)8-10-27/h1-6,11,13,18,28H,7-10H2,(H,26,29). The molecule has 2 N–H and O–H groups in total. The number of carbonyl (C=O) groups is 1. The molecule has 1 aromatic heterocycles. The van der Waals surface area contributed by atoms with Crippen molar-refractivity contribution >= 4 is 28.9 Å². The molecule has 0 spiro atoms. The van der Waals surface area contributed by atoms with E-state index in [4.69, 9.17) is 16.0 Å². The molecule has 0 unspecified atom stereocenters. The van der Waals surface area contributed by atoms with Gasteiger partial charge in [-0.15, -0.1) is 0 Å². The lowest BCUT2D eigenvalue weighted by molar-refractivity contribution is 0.0991. The topological polar surface area (TPSA) is 102 Å². The molecule has 1 saturated heterocycles. The van der Waals surface area contributed by atoms with Gasteiger partial charge in [0, 0.05) is 29.4 Å². The van der Waals surface area contributed by atoms with Gasteiger partial charge < -0.3 is 19.7 Å². The summed E-state index contributed by atoms with van der Waals surface area (Å²) in [7, 11) is 0. The van der Waals surface area contributed by atoms with E-state index >= 15 is 0 Å². The predicted octanol–water partition coefficient (Wildman–Crippen LogP) is 4.08. The molecule has 0 radical (unpaired) electrons. The highest BCUT2D eigenvalue weighted by Crippen LogP contribution is 2.27. The van der Waals surface area contributed by atoms with Gasteiger partial charge in [0.05, 0.1) is 23.6 Å². The molecule has 0 bridgehead atoms. The maximum absolute atomic E-state index is 12.5. The SMILES string of the molecule is N#Cc1cc(NC(=O)c2ncc(-c3ccc(Cl)cc3)o2)ccc1N1CCC(O)CC1. The van der Waals surface area contributed by atoms with Crippen molar-refractivity contribution in [1.29, 1.82) is 5.26 Å². The monoisotopic (exact) mass is 422 g/mol. The van der Waals surface area contributed by atoms with Crippen LogP contribution < -0.4 is 10.2 Å². The first-order chi connectivity index (χ1) is 14.5. The molecule has 1 fully saturated rings. The smallest absolute Gasteiger partial charge is 0.311 e. The summed E-state index contributed by atoms with van der Waals surface area (Å²) in [4.78, 5) is 18.6. The van der Waals surface area contributed by atoms with Gasteiger partial charge in [-0.25, -0.2) is 4.98 Å². The van der Waals surface area contributed by atoms with Gasteiger partial charge in [0.1, 0.15) is 6.07 Å². The first kappa shape index (κ1) is 20.0. The molecule has 0 atom stereocenters. The number of nitrogens with one attached hydrogen (secondary N) is 1. The van der Waals surface area contributed by atoms with Crippen molar-refractivity contribution in [1.82, 2.24) is 4.98 Å². The fourth-order valence-electron chi connectivity index (χ4n) is 3.40. The Bertz CT molecular complexity index is 1100. The number of oxazole rings is 1. The number of rotatable bonds is 4. The van der Waals surface area contributed by atoms with Gasteiger partial charge >= 0.3 is 5.91 Å². The Labute approximate surface area is 178 Å². The minimum Gasteiger partial charge on any atom is -0.432 e. The lowest BCUT2D eigenvalue weighted by atomic mass is 10.0. The number of halogens is 1. The zero-order chi connectivity index (χ0) is 21.1. The van der Waals surface area contributed by atoms with E-state index in [1.165, 1.54) is 6.20 Å². The van der Waals surface area contributed by atoms with Crippen LogP contribution in [-0.4, -0.2) is 35.2 Å². The second-order valence-electron chi connectivity index (χ2n) is 7.05. The summed E-state index contributed by atoms with van der Waals surface area (Å²) in [5, 5.41) is 22.5. The summed E-state index contributed by atoms with van der Waals surface area (Å²) in [6.07, 6.45) is 2.53. The molecule has 1 aliphatic rings. The minimum atomic E-state index is -0.507. The van der Waals surface area contributed by atoms with Crippen molar-refractivity contribution in [3.63, 3.8) is 0 Å². The van der Waals surface area contributed by atoms with Crippen molar-refractivity contribution in [3.8, 4) is 17.4 Å². The number of aliphatic hydroxyl groups is 1. The zero-order valence-electron chi connectivity index (χ0n) is 16.0. The van der Waals surface area contributed by atoms with E-state index in [0.717, 1.165) is 11.3 Å². The van der Waals surface area contributed by atoms with Gasteiger partial charge in [-0.3, -0.25) is 4.79 Å². The number of anilines is 2. The van der Waals surface area contributed by atoms with Gasteiger partial charge in [0.25, 0.3) is 5.89 Å². The molecule has 152 valence electrons. The molecular weight excluding hydrogens is 404 g/mol. The van der Waals surface area contributed by atoms with Crippen molar-refractivity contribution in [2.75, 3.05) is 23.3 Å². The Morgan fingerprint density at radius 2 is 1.97 bits per heavy atom. The highest BCUT2D eigenvalue weighted by molar-refractivity contribution is 6.30. The maximum atomic E-state index is 12.5. The Balaban J connectivity index is 1.48. The van der Waals surface area contributed by atoms with Crippen molar-refractivity contribution in [2.24, 2.45) is 0 Å². The number of benzene rings is 2. The molecule has 0 saturated carbocycles. The zero-order valence-corrected chi connectivity index (χ0v) is 16.8. The Morgan fingerprint density at radius 1 is 1.23 bits per heavy atom. The number of nitrogens with zero attached hydrogens (tertiary/aromatic N) is 3. The second kappa shape index (κ2) is 8.57. The van der Waals surface area contributed by atoms with E-state index in [9.17, 15) is 15.2 Å². The number of carbonyl (C=O) groups excluding carboxylic acids is 1. The van der Waals surface area contributed by atoms with Crippen molar-refractivity contribution in [3.05, 3.63) is 65.1 Å². The Hall–Kier alpha value is -3.34. The third kappa shape index (κ3) is 4.30. The number of nitriles is 1. The third-order valence-corrected chi connectivity index (χ3v) is 5.26. The van der Waals surface area contributed by atoms with Gasteiger partial charge in [0.15, 0.2) is 5.76 Å². The fourth-order valence-corrected chi connectivity index (χ4v) is 3.52. The summed E-state index contributed by atoms with van der Waals surface area (Å²) >= 11 is 5.89. The van der Waals surface area contributed by atoms with Crippen LogP contribution in [0, 0.1) is 11.3 Å². The molecule has 1 aliphatic heterocycles. The highest BCUT2D eigenvalue weighted by atomic mass is 35.5. The molecule has 3 aromatic rings. The molecule has 7 nitrogen and oxygen atoms in total. The van der Waals surface area contributed by atoms with Crippen LogP contribution in [0.15, 0.2) is 53.1 Å². The largest absolute Gasteiger partial charge is 0.432 e. The van der Waals surface area contributed by atoms with Crippen LogP contribution in [0.1, 0.15) is 29.1 Å². The van der Waals surface area contributed by atoms with Gasteiger partial charge in [-0.1, -0.05) is 11.6 Å². The van der Waals surface area contributed by atoms with Gasteiger partial charge in [-0.2, -0.15) is 5.26 Å². The van der Waals surface area contributed by atoms with E-state index < -0.39 is 5.91 Å². The molecule has 2 aromatic carbocycles. The lowest BCUT2D eigenvalue weighted by Crippen LogP contribution is -2.36. The van der Waals surface area contributed by atoms with Crippen molar-refractivity contribution in [2.45, 2.75) is 18.9 Å². The van der Waals surface area contributed by atoms with Crippen LogP contribution in [-0.2, 0) is 0 Å². The van der Waals surface area contributed by atoms with Crippen LogP contribution in [0.5, 0.6) is 0 Å². The van der Waals surface area contributed by atoms with E-state index in [2.05, 4.69) is 21.3 Å². The second-order valence-corrected chi connectivity index (χ2v) is 7.49. The predicted molar refractivity (Wildman–Crippen MR) is 114 cm³/mol. The molecule has 8 heteroatoms. The van der Waals surface area contributed by atoms with E-state index in [0.29, 0.717) is 48.0 Å². The molecule has 2 heterocycles. The normalized spacial score (nSPS) is 14.4. The summed E-state index contributed by atoms with van der Waals surface area (Å²) in [6.45, 7) is 1.37. The molecule has 4 rings (SSSR count). The van der Waals surface area contributed by atoms with Crippen LogP contribution >= 0.6 is 11.6 Å². The summed E-state index contributed by atoms with van der Waals surface area (Å²) < 4.78 is 5.57. The quantitative estimate of drug-likeness (QED) is 0.656. The first-order valence-corrected chi connectivity index (χ1v) is 9.91. The summed E-state index contributed by atoms with van der Waals surface area (Å²) in [6, 6.07) is 14.4. The summed E-state index contributed by atoms with van der Waals surface area (Å²) in [5.41, 5.74) is 2.49. The molecule has 30 heavy (non-hydrogen) atoms. The number of amides is 1. The maximum Gasteiger partial charge on any atom is 0.311 e. The fraction of sp³-hybridized carbons (Fsp3) is 0.227. The van der Waals surface area contributed by atoms with E-state index in [1.54, 1.807) is 42.5 Å². The number of aromatic nitrogens is 1. The van der Waals surface area contributed by atoms with Crippen LogP contribution in [0.25, 0.3) is 11.3 Å². The Morgan fingerprint density at radius 3 is 2.67 bits per heavy atom. The van der Waals surface area contributed by atoms with Gasteiger partial charge in [0.2, 0.25) is 0 Å². The number of hydrogen-bond donors (Lipinski definition) is 2. The number of hydrogen-bond acceptors (Lipinski definition) is 6. The molecule has 0 aliphatic carbocycles. The van der Waals surface area contributed by atoms with E-state index in [1.807, 2.05) is 0 Å². The van der Waals surface area contributed by atoms with Crippen LogP contribution in [0.2, 0.25) is 5.02 Å². The third-order valence-electron chi connectivity index (χ3n) is 5.01. The van der Waals surface area contributed by atoms with Crippen LogP contribution in [0.4, 0.5) is 11.4 Å².